The Morgan fingerprint density at radius 1 is 1.00 bits per heavy atom. The monoisotopic (exact) mass is 322 g/mol. The fourth-order valence-corrected chi connectivity index (χ4v) is 2.77. The highest BCUT2D eigenvalue weighted by Crippen LogP contribution is 2.36. The molecule has 0 saturated carbocycles. The number of nitrogens with two attached hydrogens (primary N) is 1. The molecule has 3 aromatic heterocycles. The maximum Gasteiger partial charge on any atom is 0.166 e. The Bertz CT molecular complexity index is 999. The number of hydrogen-bond donors (Lipinski definition) is 1. The number of nitrogens with zero attached hydrogens (tertiary/aromatic N) is 3. The van der Waals surface area contributed by atoms with Crippen molar-refractivity contribution in [1.29, 1.82) is 0 Å². The van der Waals surface area contributed by atoms with Gasteiger partial charge in [-0.1, -0.05) is 29.8 Å². The predicted octanol–water partition coefficient (Wildman–Crippen LogP) is 4.19. The van der Waals surface area contributed by atoms with Crippen LogP contribution in [0.15, 0.2) is 59.5 Å². The molecule has 0 radical (unpaired) electrons. The van der Waals surface area contributed by atoms with Crippen LogP contribution in [-0.4, -0.2) is 15.0 Å². The fraction of sp³-hybridized carbons (Fsp3) is 0. The van der Waals surface area contributed by atoms with Gasteiger partial charge in [-0.25, -0.2) is 15.0 Å². The van der Waals surface area contributed by atoms with Gasteiger partial charge in [0, 0.05) is 16.1 Å². The summed E-state index contributed by atoms with van der Waals surface area (Å²) in [5.41, 5.74) is 8.89. The number of aromatic nitrogens is 3. The molecule has 3 heterocycles. The van der Waals surface area contributed by atoms with E-state index in [-0.39, 0.29) is 0 Å². The minimum atomic E-state index is 0.364. The van der Waals surface area contributed by atoms with Crippen molar-refractivity contribution in [3.8, 4) is 22.6 Å². The summed E-state index contributed by atoms with van der Waals surface area (Å²) in [7, 11) is 0. The Balaban J connectivity index is 2.10. The standard InChI is InChI=1S/C17H11ClN4O/c18-12-5-2-1-4-10(12)11-8-13(14-6-3-7-23-14)22-17-15(11)16(19)20-9-21-17/h1-9H,(H2,19,20,21,22). The minimum absolute atomic E-state index is 0.364. The molecule has 0 amide bonds. The summed E-state index contributed by atoms with van der Waals surface area (Å²) in [6.45, 7) is 0. The number of pyridine rings is 1. The van der Waals surface area contributed by atoms with Crippen molar-refractivity contribution in [3.63, 3.8) is 0 Å². The number of fused-ring (bicyclic) bond motifs is 1. The Hall–Kier alpha value is -2.92. The molecule has 4 aromatic rings. The van der Waals surface area contributed by atoms with E-state index in [0.717, 1.165) is 11.1 Å². The van der Waals surface area contributed by atoms with E-state index in [1.807, 2.05) is 42.5 Å². The number of nitrogen functional groups attached to an aromatic ring is 1. The van der Waals surface area contributed by atoms with Crippen molar-refractivity contribution in [2.75, 3.05) is 5.73 Å². The first kappa shape index (κ1) is 13.7. The summed E-state index contributed by atoms with van der Waals surface area (Å²) in [5, 5.41) is 1.30. The quantitative estimate of drug-likeness (QED) is 0.598. The third-order valence-corrected chi connectivity index (χ3v) is 3.90. The van der Waals surface area contributed by atoms with Crippen molar-refractivity contribution in [3.05, 3.63) is 60.1 Å². The van der Waals surface area contributed by atoms with Gasteiger partial charge < -0.3 is 10.2 Å². The number of benzene rings is 1. The topological polar surface area (TPSA) is 77.8 Å². The predicted molar refractivity (Wildman–Crippen MR) is 89.9 cm³/mol. The molecule has 0 saturated heterocycles. The summed E-state index contributed by atoms with van der Waals surface area (Å²) in [6.07, 6.45) is 3.00. The molecule has 0 aliphatic carbocycles. The highest BCUT2D eigenvalue weighted by Gasteiger charge is 2.16. The number of furan rings is 1. The third-order valence-electron chi connectivity index (χ3n) is 3.57. The number of anilines is 1. The lowest BCUT2D eigenvalue weighted by molar-refractivity contribution is 0.580. The average molecular weight is 323 g/mol. The highest BCUT2D eigenvalue weighted by atomic mass is 35.5. The van der Waals surface area contributed by atoms with Crippen molar-refractivity contribution in [2.45, 2.75) is 0 Å². The van der Waals surface area contributed by atoms with Crippen molar-refractivity contribution in [2.24, 2.45) is 0 Å². The van der Waals surface area contributed by atoms with Crippen LogP contribution >= 0.6 is 11.6 Å². The van der Waals surface area contributed by atoms with Gasteiger partial charge >= 0.3 is 0 Å². The molecule has 0 aliphatic rings. The highest BCUT2D eigenvalue weighted by molar-refractivity contribution is 6.33. The van der Waals surface area contributed by atoms with Gasteiger partial charge in [0.05, 0.1) is 11.6 Å². The molecule has 0 bridgehead atoms. The Morgan fingerprint density at radius 3 is 2.65 bits per heavy atom. The van der Waals surface area contributed by atoms with E-state index in [1.165, 1.54) is 6.33 Å². The van der Waals surface area contributed by atoms with Crippen LogP contribution in [0.5, 0.6) is 0 Å². The fourth-order valence-electron chi connectivity index (χ4n) is 2.53. The molecule has 0 aliphatic heterocycles. The summed E-state index contributed by atoms with van der Waals surface area (Å²) >= 11 is 6.36. The number of hydrogen-bond acceptors (Lipinski definition) is 5. The zero-order chi connectivity index (χ0) is 15.8. The number of rotatable bonds is 2. The van der Waals surface area contributed by atoms with Crippen molar-refractivity contribution in [1.82, 2.24) is 15.0 Å². The molecule has 0 unspecified atom stereocenters. The molecule has 6 heteroatoms. The van der Waals surface area contributed by atoms with Crippen LogP contribution in [0.1, 0.15) is 0 Å². The summed E-state index contributed by atoms with van der Waals surface area (Å²) < 4.78 is 5.45. The van der Waals surface area contributed by atoms with E-state index in [0.29, 0.717) is 33.3 Å². The van der Waals surface area contributed by atoms with Gasteiger partial charge in [-0.05, 0) is 24.3 Å². The molecule has 0 atom stereocenters. The first-order valence-electron chi connectivity index (χ1n) is 6.94. The Morgan fingerprint density at radius 2 is 1.87 bits per heavy atom. The zero-order valence-corrected chi connectivity index (χ0v) is 12.7. The Kier molecular flexibility index (Phi) is 3.20. The van der Waals surface area contributed by atoms with E-state index in [9.17, 15) is 0 Å². The maximum absolute atomic E-state index is 6.36. The van der Waals surface area contributed by atoms with Crippen LogP contribution in [-0.2, 0) is 0 Å². The molecule has 112 valence electrons. The molecule has 0 fully saturated rings. The molecule has 4 rings (SSSR count). The first-order chi connectivity index (χ1) is 11.2. The lowest BCUT2D eigenvalue weighted by atomic mass is 10.0. The summed E-state index contributed by atoms with van der Waals surface area (Å²) in [5.74, 6) is 1.01. The molecule has 23 heavy (non-hydrogen) atoms. The van der Waals surface area contributed by atoms with E-state index >= 15 is 0 Å². The second kappa shape index (κ2) is 5.37. The maximum atomic E-state index is 6.36. The van der Waals surface area contributed by atoms with Crippen LogP contribution in [0, 0.1) is 0 Å². The average Bonchev–Trinajstić information content (AvgIpc) is 3.09. The lowest BCUT2D eigenvalue weighted by Crippen LogP contribution is -1.98. The second-order valence-corrected chi connectivity index (χ2v) is 5.38. The summed E-state index contributed by atoms with van der Waals surface area (Å²) in [6, 6.07) is 13.1. The van der Waals surface area contributed by atoms with Crippen molar-refractivity contribution < 1.29 is 4.42 Å². The second-order valence-electron chi connectivity index (χ2n) is 4.97. The van der Waals surface area contributed by atoms with Gasteiger partial charge in [-0.3, -0.25) is 0 Å². The Labute approximate surface area is 136 Å². The largest absolute Gasteiger partial charge is 0.463 e. The van der Waals surface area contributed by atoms with Crippen LogP contribution < -0.4 is 5.73 Å². The molecule has 1 aromatic carbocycles. The van der Waals surface area contributed by atoms with E-state index in [4.69, 9.17) is 21.8 Å². The van der Waals surface area contributed by atoms with Crippen LogP contribution in [0.25, 0.3) is 33.6 Å². The van der Waals surface area contributed by atoms with Crippen molar-refractivity contribution >= 4 is 28.5 Å². The van der Waals surface area contributed by atoms with E-state index in [2.05, 4.69) is 15.0 Å². The van der Waals surface area contributed by atoms with Gasteiger partial charge in [0.1, 0.15) is 17.8 Å². The van der Waals surface area contributed by atoms with Crippen LogP contribution in [0.3, 0.4) is 0 Å². The summed E-state index contributed by atoms with van der Waals surface area (Å²) in [4.78, 5) is 12.8. The first-order valence-corrected chi connectivity index (χ1v) is 7.32. The lowest BCUT2D eigenvalue weighted by Gasteiger charge is -2.11. The number of halogens is 1. The normalized spacial score (nSPS) is 11.0. The van der Waals surface area contributed by atoms with Gasteiger partial charge in [0.15, 0.2) is 11.4 Å². The van der Waals surface area contributed by atoms with Gasteiger partial charge in [0.25, 0.3) is 0 Å². The van der Waals surface area contributed by atoms with Crippen LogP contribution in [0.4, 0.5) is 5.82 Å². The van der Waals surface area contributed by atoms with Gasteiger partial charge in [0.2, 0.25) is 0 Å². The van der Waals surface area contributed by atoms with Gasteiger partial charge in [-0.15, -0.1) is 0 Å². The molecule has 5 nitrogen and oxygen atoms in total. The molecular weight excluding hydrogens is 312 g/mol. The third kappa shape index (κ3) is 2.31. The van der Waals surface area contributed by atoms with Crippen LogP contribution in [0.2, 0.25) is 5.02 Å². The zero-order valence-electron chi connectivity index (χ0n) is 11.9. The molecule has 0 spiro atoms. The van der Waals surface area contributed by atoms with E-state index < -0.39 is 0 Å². The molecular formula is C17H11ClN4O. The van der Waals surface area contributed by atoms with Gasteiger partial charge in [-0.2, -0.15) is 0 Å². The van der Waals surface area contributed by atoms with E-state index in [1.54, 1.807) is 6.26 Å². The molecule has 2 N–H and O–H groups in total. The minimum Gasteiger partial charge on any atom is -0.463 e. The smallest absolute Gasteiger partial charge is 0.166 e. The SMILES string of the molecule is Nc1ncnc2nc(-c3ccco3)cc(-c3ccccc3Cl)c12.